The zero-order chi connectivity index (χ0) is 12.1. The summed E-state index contributed by atoms with van der Waals surface area (Å²) in [5.74, 6) is 0.271. The summed E-state index contributed by atoms with van der Waals surface area (Å²) < 4.78 is 5.69. The molecule has 4 heteroatoms. The Balaban J connectivity index is 1.76. The average Bonchev–Trinajstić information content (AvgIpc) is 2.70. The van der Waals surface area contributed by atoms with E-state index in [1.807, 2.05) is 4.90 Å². The Labute approximate surface area is 104 Å². The second kappa shape index (κ2) is 6.36. The minimum absolute atomic E-state index is 0.0542. The highest BCUT2D eigenvalue weighted by Crippen LogP contribution is 2.17. The minimum Gasteiger partial charge on any atom is -0.376 e. The SMILES string of the molecule is CCCNC1CCN(CC2CCCCO2)C1=O. The molecule has 4 nitrogen and oxygen atoms in total. The summed E-state index contributed by atoms with van der Waals surface area (Å²) in [7, 11) is 0. The van der Waals surface area contributed by atoms with E-state index in [0.29, 0.717) is 0 Å². The lowest BCUT2D eigenvalue weighted by molar-refractivity contribution is -0.131. The first kappa shape index (κ1) is 12.8. The zero-order valence-electron chi connectivity index (χ0n) is 10.8. The van der Waals surface area contributed by atoms with Crippen LogP contribution in [-0.2, 0) is 9.53 Å². The highest BCUT2D eigenvalue weighted by atomic mass is 16.5. The molecule has 0 radical (unpaired) electrons. The molecule has 2 atom stereocenters. The van der Waals surface area contributed by atoms with Gasteiger partial charge < -0.3 is 15.0 Å². The monoisotopic (exact) mass is 240 g/mol. The van der Waals surface area contributed by atoms with Gasteiger partial charge in [-0.2, -0.15) is 0 Å². The summed E-state index contributed by atoms with van der Waals surface area (Å²) in [5.41, 5.74) is 0. The van der Waals surface area contributed by atoms with E-state index in [-0.39, 0.29) is 18.1 Å². The van der Waals surface area contributed by atoms with Crippen molar-refractivity contribution in [3.63, 3.8) is 0 Å². The van der Waals surface area contributed by atoms with Crippen molar-refractivity contribution in [2.45, 2.75) is 51.2 Å². The summed E-state index contributed by atoms with van der Waals surface area (Å²) in [6, 6.07) is 0.0542. The minimum atomic E-state index is 0.0542. The van der Waals surface area contributed by atoms with Gasteiger partial charge in [-0.05, 0) is 38.6 Å². The predicted molar refractivity (Wildman–Crippen MR) is 66.9 cm³/mol. The zero-order valence-corrected chi connectivity index (χ0v) is 10.8. The number of hydrogen-bond acceptors (Lipinski definition) is 3. The summed E-state index contributed by atoms with van der Waals surface area (Å²) in [5, 5.41) is 3.32. The molecule has 2 fully saturated rings. The molecule has 0 aromatic rings. The Hall–Kier alpha value is -0.610. The molecule has 0 aromatic heterocycles. The first-order valence-electron chi connectivity index (χ1n) is 6.95. The number of hydrogen-bond donors (Lipinski definition) is 1. The lowest BCUT2D eigenvalue weighted by atomic mass is 10.1. The topological polar surface area (TPSA) is 41.6 Å². The molecule has 2 rings (SSSR count). The summed E-state index contributed by atoms with van der Waals surface area (Å²) in [4.78, 5) is 14.1. The fourth-order valence-electron chi connectivity index (χ4n) is 2.63. The molecule has 0 saturated carbocycles. The lowest BCUT2D eigenvalue weighted by Crippen LogP contribution is -2.42. The first-order valence-corrected chi connectivity index (χ1v) is 6.95. The quantitative estimate of drug-likeness (QED) is 0.784. The van der Waals surface area contributed by atoms with Gasteiger partial charge in [0, 0.05) is 19.7 Å². The third-order valence-corrected chi connectivity index (χ3v) is 3.64. The third-order valence-electron chi connectivity index (χ3n) is 3.64. The van der Waals surface area contributed by atoms with Crippen LogP contribution in [0.3, 0.4) is 0 Å². The molecule has 2 aliphatic rings. The Bertz CT molecular complexity index is 252. The van der Waals surface area contributed by atoms with E-state index in [1.54, 1.807) is 0 Å². The van der Waals surface area contributed by atoms with E-state index < -0.39 is 0 Å². The van der Waals surface area contributed by atoms with Gasteiger partial charge >= 0.3 is 0 Å². The molecule has 2 heterocycles. The van der Waals surface area contributed by atoms with E-state index in [9.17, 15) is 4.79 Å². The van der Waals surface area contributed by atoms with Crippen LogP contribution in [-0.4, -0.2) is 49.2 Å². The molecule has 2 saturated heterocycles. The Morgan fingerprint density at radius 2 is 2.29 bits per heavy atom. The maximum absolute atomic E-state index is 12.1. The normalized spacial score (nSPS) is 29.9. The van der Waals surface area contributed by atoms with Crippen LogP contribution in [0.2, 0.25) is 0 Å². The largest absolute Gasteiger partial charge is 0.376 e. The lowest BCUT2D eigenvalue weighted by Gasteiger charge is -2.27. The second-order valence-corrected chi connectivity index (χ2v) is 5.07. The van der Waals surface area contributed by atoms with Crippen LogP contribution < -0.4 is 5.32 Å². The van der Waals surface area contributed by atoms with Gasteiger partial charge in [0.15, 0.2) is 0 Å². The van der Waals surface area contributed by atoms with Gasteiger partial charge in [-0.3, -0.25) is 4.79 Å². The fourth-order valence-corrected chi connectivity index (χ4v) is 2.63. The van der Waals surface area contributed by atoms with Gasteiger partial charge in [0.2, 0.25) is 5.91 Å². The third kappa shape index (κ3) is 3.42. The fraction of sp³-hybridized carbons (Fsp3) is 0.923. The van der Waals surface area contributed by atoms with Crippen molar-refractivity contribution in [2.75, 3.05) is 26.2 Å². The predicted octanol–water partition coefficient (Wildman–Crippen LogP) is 1.16. The molecule has 1 N–H and O–H groups in total. The number of carbonyl (C=O) groups is 1. The van der Waals surface area contributed by atoms with Crippen LogP contribution >= 0.6 is 0 Å². The molecule has 0 spiro atoms. The maximum Gasteiger partial charge on any atom is 0.239 e. The Morgan fingerprint density at radius 1 is 1.41 bits per heavy atom. The molecule has 2 unspecified atom stereocenters. The van der Waals surface area contributed by atoms with Crippen LogP contribution in [0.1, 0.15) is 39.0 Å². The number of amides is 1. The second-order valence-electron chi connectivity index (χ2n) is 5.07. The number of rotatable bonds is 5. The molecule has 0 aromatic carbocycles. The van der Waals surface area contributed by atoms with Crippen LogP contribution in [0.4, 0.5) is 0 Å². The van der Waals surface area contributed by atoms with Gasteiger partial charge in [-0.25, -0.2) is 0 Å². The van der Waals surface area contributed by atoms with Gasteiger partial charge in [0.1, 0.15) is 0 Å². The molecule has 1 amide bonds. The van der Waals surface area contributed by atoms with Crippen LogP contribution in [0.5, 0.6) is 0 Å². The number of ether oxygens (including phenoxy) is 1. The van der Waals surface area contributed by atoms with E-state index in [0.717, 1.165) is 45.5 Å². The van der Waals surface area contributed by atoms with Crippen LogP contribution in [0, 0.1) is 0 Å². The van der Waals surface area contributed by atoms with E-state index in [4.69, 9.17) is 4.74 Å². The molecule has 98 valence electrons. The van der Waals surface area contributed by atoms with E-state index in [2.05, 4.69) is 12.2 Å². The summed E-state index contributed by atoms with van der Waals surface area (Å²) in [6.07, 6.45) is 5.82. The van der Waals surface area contributed by atoms with Crippen molar-refractivity contribution in [2.24, 2.45) is 0 Å². The highest BCUT2D eigenvalue weighted by Gasteiger charge is 2.32. The number of carbonyl (C=O) groups excluding carboxylic acids is 1. The van der Waals surface area contributed by atoms with Crippen molar-refractivity contribution >= 4 is 5.91 Å². The molecular weight excluding hydrogens is 216 g/mol. The van der Waals surface area contributed by atoms with Crippen LogP contribution in [0.15, 0.2) is 0 Å². The molecule has 0 aliphatic carbocycles. The molecular formula is C13H24N2O2. The average molecular weight is 240 g/mol. The number of likely N-dealkylation sites (tertiary alicyclic amines) is 1. The van der Waals surface area contributed by atoms with E-state index in [1.165, 1.54) is 12.8 Å². The van der Waals surface area contributed by atoms with Crippen LogP contribution in [0.25, 0.3) is 0 Å². The highest BCUT2D eigenvalue weighted by molar-refractivity contribution is 5.84. The molecule has 2 aliphatic heterocycles. The number of nitrogens with one attached hydrogen (secondary N) is 1. The number of nitrogens with zero attached hydrogens (tertiary/aromatic N) is 1. The van der Waals surface area contributed by atoms with Crippen molar-refractivity contribution in [1.29, 1.82) is 0 Å². The van der Waals surface area contributed by atoms with Gasteiger partial charge in [-0.15, -0.1) is 0 Å². The molecule has 0 bridgehead atoms. The Morgan fingerprint density at radius 3 is 3.00 bits per heavy atom. The van der Waals surface area contributed by atoms with Crippen molar-refractivity contribution < 1.29 is 9.53 Å². The standard InChI is InChI=1S/C13H24N2O2/c1-2-7-14-12-6-8-15(13(12)16)10-11-5-3-4-9-17-11/h11-12,14H,2-10H2,1H3. The van der Waals surface area contributed by atoms with E-state index >= 15 is 0 Å². The maximum atomic E-state index is 12.1. The van der Waals surface area contributed by atoms with Crippen molar-refractivity contribution in [3.8, 4) is 0 Å². The summed E-state index contributed by atoms with van der Waals surface area (Å²) >= 11 is 0. The van der Waals surface area contributed by atoms with Gasteiger partial charge in [0.25, 0.3) is 0 Å². The smallest absolute Gasteiger partial charge is 0.239 e. The van der Waals surface area contributed by atoms with Crippen molar-refractivity contribution in [3.05, 3.63) is 0 Å². The van der Waals surface area contributed by atoms with Crippen molar-refractivity contribution in [1.82, 2.24) is 10.2 Å². The van der Waals surface area contributed by atoms with Gasteiger partial charge in [-0.1, -0.05) is 6.92 Å². The van der Waals surface area contributed by atoms with Gasteiger partial charge in [0.05, 0.1) is 12.1 Å². The Kier molecular flexibility index (Phi) is 4.80. The molecule has 17 heavy (non-hydrogen) atoms. The first-order chi connectivity index (χ1) is 8.31. The summed E-state index contributed by atoms with van der Waals surface area (Å²) in [6.45, 7) is 5.61.